The Morgan fingerprint density at radius 2 is 1.60 bits per heavy atom. The third-order valence-electron chi connectivity index (χ3n) is 4.68. The van der Waals surface area contributed by atoms with Gasteiger partial charge in [0.2, 0.25) is 0 Å². The predicted molar refractivity (Wildman–Crippen MR) is 123 cm³/mol. The minimum Gasteiger partial charge on any atom is -0.337 e. The van der Waals surface area contributed by atoms with Gasteiger partial charge >= 0.3 is 0 Å². The molecule has 0 aromatic heterocycles. The number of amides is 1. The third kappa shape index (κ3) is 4.91. The maximum atomic E-state index is 13.2. The van der Waals surface area contributed by atoms with Crippen LogP contribution in [0.15, 0.2) is 88.2 Å². The van der Waals surface area contributed by atoms with Gasteiger partial charge in [0.05, 0.1) is 10.6 Å². The number of nitrogens with zero attached hydrogens (tertiary/aromatic N) is 2. The normalized spacial score (nSPS) is 11.2. The van der Waals surface area contributed by atoms with Crippen LogP contribution in [0.4, 0.5) is 5.69 Å². The lowest BCUT2D eigenvalue weighted by Crippen LogP contribution is -2.31. The van der Waals surface area contributed by atoms with Crippen molar-refractivity contribution in [2.24, 2.45) is 0 Å². The van der Waals surface area contributed by atoms with Gasteiger partial charge in [-0.1, -0.05) is 52.3 Å². The molecule has 0 atom stereocenters. The first kappa shape index (κ1) is 22.1. The van der Waals surface area contributed by atoms with Gasteiger partial charge in [-0.3, -0.25) is 9.10 Å². The molecular formula is C23H23BrN2O3S. The quantitative estimate of drug-likeness (QED) is 0.475. The van der Waals surface area contributed by atoms with E-state index in [2.05, 4.69) is 15.9 Å². The van der Waals surface area contributed by atoms with E-state index in [4.69, 9.17) is 0 Å². The molecule has 3 aromatic carbocycles. The molecule has 1 amide bonds. The summed E-state index contributed by atoms with van der Waals surface area (Å²) in [5, 5.41) is 0. The molecule has 156 valence electrons. The lowest BCUT2D eigenvalue weighted by Gasteiger charge is -2.23. The smallest absolute Gasteiger partial charge is 0.264 e. The van der Waals surface area contributed by atoms with E-state index in [9.17, 15) is 13.2 Å². The lowest BCUT2D eigenvalue weighted by molar-refractivity contribution is 0.0785. The highest BCUT2D eigenvalue weighted by Crippen LogP contribution is 2.24. The van der Waals surface area contributed by atoms with Crippen molar-refractivity contribution in [2.75, 3.05) is 17.9 Å². The van der Waals surface area contributed by atoms with Gasteiger partial charge in [0.15, 0.2) is 0 Å². The van der Waals surface area contributed by atoms with Gasteiger partial charge in [0.25, 0.3) is 15.9 Å². The van der Waals surface area contributed by atoms with E-state index in [0.29, 0.717) is 17.8 Å². The first-order chi connectivity index (χ1) is 14.3. The molecule has 0 saturated carbocycles. The fraction of sp³-hybridized carbons (Fsp3) is 0.174. The molecule has 5 nitrogen and oxygen atoms in total. The summed E-state index contributed by atoms with van der Waals surface area (Å²) in [7, 11) is -2.09. The summed E-state index contributed by atoms with van der Waals surface area (Å²) in [6.45, 7) is 2.49. The van der Waals surface area contributed by atoms with Crippen molar-refractivity contribution < 1.29 is 13.2 Å². The van der Waals surface area contributed by atoms with Crippen LogP contribution in [0.3, 0.4) is 0 Å². The highest BCUT2D eigenvalue weighted by Gasteiger charge is 2.25. The second kappa shape index (κ2) is 9.45. The predicted octanol–water partition coefficient (Wildman–Crippen LogP) is 4.94. The highest BCUT2D eigenvalue weighted by atomic mass is 79.9. The zero-order valence-corrected chi connectivity index (χ0v) is 19.2. The van der Waals surface area contributed by atoms with Crippen LogP contribution in [-0.4, -0.2) is 32.8 Å². The number of anilines is 1. The number of carbonyl (C=O) groups excluding carboxylic acids is 1. The van der Waals surface area contributed by atoms with Gasteiger partial charge in [-0.2, -0.15) is 0 Å². The van der Waals surface area contributed by atoms with E-state index < -0.39 is 10.0 Å². The number of rotatable bonds is 7. The largest absolute Gasteiger partial charge is 0.337 e. The Morgan fingerprint density at radius 1 is 0.933 bits per heavy atom. The van der Waals surface area contributed by atoms with Gasteiger partial charge in [-0.05, 0) is 55.0 Å². The van der Waals surface area contributed by atoms with E-state index in [1.54, 1.807) is 55.3 Å². The van der Waals surface area contributed by atoms with Crippen molar-refractivity contribution in [3.8, 4) is 0 Å². The molecule has 0 unspecified atom stereocenters. The van der Waals surface area contributed by atoms with Crippen molar-refractivity contribution in [2.45, 2.75) is 18.4 Å². The van der Waals surface area contributed by atoms with Gasteiger partial charge in [-0.15, -0.1) is 0 Å². The summed E-state index contributed by atoms with van der Waals surface area (Å²) in [5.41, 5.74) is 1.91. The average Bonchev–Trinajstić information content (AvgIpc) is 2.76. The second-order valence-corrected chi connectivity index (χ2v) is 9.60. The van der Waals surface area contributed by atoms with Crippen molar-refractivity contribution in [1.82, 2.24) is 4.90 Å². The molecule has 0 radical (unpaired) electrons. The molecule has 0 aliphatic carbocycles. The monoisotopic (exact) mass is 486 g/mol. The van der Waals surface area contributed by atoms with Gasteiger partial charge in [0, 0.05) is 30.2 Å². The number of carbonyl (C=O) groups is 1. The molecule has 0 aliphatic rings. The molecule has 0 bridgehead atoms. The summed E-state index contributed by atoms with van der Waals surface area (Å²) in [5.74, 6) is -0.238. The fourth-order valence-corrected chi connectivity index (χ4v) is 4.94. The van der Waals surface area contributed by atoms with E-state index >= 15 is 0 Å². The summed E-state index contributed by atoms with van der Waals surface area (Å²) in [6, 6.07) is 22.9. The fourth-order valence-electron chi connectivity index (χ4n) is 3.16. The molecule has 0 saturated heterocycles. The zero-order valence-electron chi connectivity index (χ0n) is 16.8. The minimum atomic E-state index is -3.79. The van der Waals surface area contributed by atoms with Crippen LogP contribution in [0.25, 0.3) is 0 Å². The molecule has 7 heteroatoms. The molecule has 3 rings (SSSR count). The first-order valence-electron chi connectivity index (χ1n) is 9.50. The molecule has 30 heavy (non-hydrogen) atoms. The molecular weight excluding hydrogens is 464 g/mol. The second-order valence-electron chi connectivity index (χ2n) is 6.82. The SMILES string of the molecule is CCN(c1ccccc1)S(=O)(=O)c1cccc(C(=O)N(C)Cc2ccc(Br)cc2)c1. The van der Waals surface area contributed by atoms with Crippen LogP contribution < -0.4 is 4.31 Å². The number of sulfonamides is 1. The molecule has 0 aliphatic heterocycles. The number of hydrogen-bond acceptors (Lipinski definition) is 3. The van der Waals surface area contributed by atoms with Crippen LogP contribution >= 0.6 is 15.9 Å². The molecule has 0 N–H and O–H groups in total. The van der Waals surface area contributed by atoms with Crippen molar-refractivity contribution in [3.63, 3.8) is 0 Å². The molecule has 0 spiro atoms. The van der Waals surface area contributed by atoms with Crippen LogP contribution in [0.1, 0.15) is 22.8 Å². The highest BCUT2D eigenvalue weighted by molar-refractivity contribution is 9.10. The average molecular weight is 487 g/mol. The number of hydrogen-bond donors (Lipinski definition) is 0. The third-order valence-corrected chi connectivity index (χ3v) is 7.11. The van der Waals surface area contributed by atoms with Crippen LogP contribution in [0.5, 0.6) is 0 Å². The number of para-hydroxylation sites is 1. The maximum absolute atomic E-state index is 13.2. The van der Waals surface area contributed by atoms with E-state index in [1.807, 2.05) is 30.3 Å². The van der Waals surface area contributed by atoms with Crippen molar-refractivity contribution >= 4 is 37.5 Å². The summed E-state index contributed by atoms with van der Waals surface area (Å²) in [6.07, 6.45) is 0. The Labute approximate surface area is 186 Å². The zero-order chi connectivity index (χ0) is 21.7. The van der Waals surface area contributed by atoms with Crippen LogP contribution in [0.2, 0.25) is 0 Å². The van der Waals surface area contributed by atoms with E-state index in [1.165, 1.54) is 16.4 Å². The molecule has 3 aromatic rings. The van der Waals surface area contributed by atoms with E-state index in [0.717, 1.165) is 10.0 Å². The summed E-state index contributed by atoms with van der Waals surface area (Å²) < 4.78 is 28.8. The van der Waals surface area contributed by atoms with Crippen molar-refractivity contribution in [3.05, 3.63) is 94.5 Å². The van der Waals surface area contributed by atoms with Crippen molar-refractivity contribution in [1.29, 1.82) is 0 Å². The Morgan fingerprint density at radius 3 is 2.23 bits per heavy atom. The summed E-state index contributed by atoms with van der Waals surface area (Å²) in [4.78, 5) is 14.6. The molecule has 0 fully saturated rings. The Kier molecular flexibility index (Phi) is 6.95. The minimum absolute atomic E-state index is 0.0936. The lowest BCUT2D eigenvalue weighted by atomic mass is 10.1. The van der Waals surface area contributed by atoms with Crippen LogP contribution in [-0.2, 0) is 16.6 Å². The standard InChI is InChI=1S/C23H23BrN2O3S/c1-3-26(21-9-5-4-6-10-21)30(28,29)22-11-7-8-19(16-22)23(27)25(2)17-18-12-14-20(24)15-13-18/h4-16H,3,17H2,1-2H3. The van der Waals surface area contributed by atoms with Crippen LogP contribution in [0, 0.1) is 0 Å². The topological polar surface area (TPSA) is 57.7 Å². The molecule has 0 heterocycles. The Bertz CT molecular complexity index is 1120. The van der Waals surface area contributed by atoms with Gasteiger partial charge in [0.1, 0.15) is 0 Å². The number of halogens is 1. The number of benzene rings is 3. The maximum Gasteiger partial charge on any atom is 0.264 e. The first-order valence-corrected chi connectivity index (χ1v) is 11.7. The van der Waals surface area contributed by atoms with Gasteiger partial charge < -0.3 is 4.90 Å². The Balaban J connectivity index is 1.85. The van der Waals surface area contributed by atoms with Gasteiger partial charge in [-0.25, -0.2) is 8.42 Å². The van der Waals surface area contributed by atoms with E-state index in [-0.39, 0.29) is 17.3 Å². The Hall–Kier alpha value is -2.64. The summed E-state index contributed by atoms with van der Waals surface area (Å²) >= 11 is 3.40.